The van der Waals surface area contributed by atoms with Gasteiger partial charge in [0.25, 0.3) is 0 Å². The van der Waals surface area contributed by atoms with E-state index in [1.54, 1.807) is 22.8 Å². The van der Waals surface area contributed by atoms with E-state index < -0.39 is 0 Å². The van der Waals surface area contributed by atoms with Gasteiger partial charge in [-0.25, -0.2) is 0 Å². The summed E-state index contributed by atoms with van der Waals surface area (Å²) >= 11 is 16.6. The van der Waals surface area contributed by atoms with Crippen LogP contribution in [0.15, 0.2) is 52.1 Å². The first-order chi connectivity index (χ1) is 13.4. The van der Waals surface area contributed by atoms with Crippen molar-refractivity contribution in [1.29, 1.82) is 0 Å². The first-order valence-electron chi connectivity index (χ1n) is 8.06. The van der Waals surface area contributed by atoms with E-state index in [4.69, 9.17) is 27.9 Å². The Morgan fingerprint density at radius 2 is 1.96 bits per heavy atom. The molecule has 0 aliphatic heterocycles. The molecule has 0 spiro atoms. The summed E-state index contributed by atoms with van der Waals surface area (Å²) in [7, 11) is 1.83. The Hall–Kier alpha value is -1.74. The number of benzene rings is 2. The topological polar surface area (TPSA) is 69.0 Å². The normalized spacial score (nSPS) is 10.7. The number of thioether (sulfide) groups is 1. The van der Waals surface area contributed by atoms with Gasteiger partial charge in [0.15, 0.2) is 11.0 Å². The zero-order chi connectivity index (χ0) is 20.1. The van der Waals surface area contributed by atoms with E-state index in [0.29, 0.717) is 26.7 Å². The monoisotopic (exact) mass is 500 g/mol. The third-order valence-electron chi connectivity index (χ3n) is 3.64. The Labute approximate surface area is 184 Å². The Morgan fingerprint density at radius 3 is 2.68 bits per heavy atom. The zero-order valence-electron chi connectivity index (χ0n) is 14.7. The van der Waals surface area contributed by atoms with Crippen LogP contribution in [-0.2, 0) is 18.4 Å². The minimum atomic E-state index is -0.204. The van der Waals surface area contributed by atoms with Crippen molar-refractivity contribution in [2.45, 2.75) is 11.8 Å². The van der Waals surface area contributed by atoms with Crippen molar-refractivity contribution < 1.29 is 9.53 Å². The molecule has 2 aromatic carbocycles. The number of nitrogens with one attached hydrogen (secondary N) is 1. The predicted octanol–water partition coefficient (Wildman–Crippen LogP) is 5.19. The van der Waals surface area contributed by atoms with E-state index in [0.717, 1.165) is 10.2 Å². The third kappa shape index (κ3) is 5.64. The Bertz CT molecular complexity index is 982. The number of halogens is 3. The van der Waals surface area contributed by atoms with Gasteiger partial charge in [0.1, 0.15) is 12.4 Å². The fourth-order valence-corrected chi connectivity index (χ4v) is 3.63. The summed E-state index contributed by atoms with van der Waals surface area (Å²) in [6.45, 7) is 0.276. The Kier molecular flexibility index (Phi) is 7.23. The van der Waals surface area contributed by atoms with E-state index >= 15 is 0 Å². The van der Waals surface area contributed by atoms with Crippen molar-refractivity contribution >= 4 is 62.5 Å². The lowest BCUT2D eigenvalue weighted by Crippen LogP contribution is -2.15. The molecule has 1 aromatic heterocycles. The molecule has 1 heterocycles. The number of carbonyl (C=O) groups excluding carboxylic acids is 1. The van der Waals surface area contributed by atoms with Crippen molar-refractivity contribution in [3.63, 3.8) is 0 Å². The van der Waals surface area contributed by atoms with Crippen molar-refractivity contribution in [3.05, 3.63) is 62.8 Å². The molecule has 0 aliphatic rings. The highest BCUT2D eigenvalue weighted by Crippen LogP contribution is 2.26. The van der Waals surface area contributed by atoms with Gasteiger partial charge in [-0.05, 0) is 42.5 Å². The Morgan fingerprint density at radius 1 is 1.21 bits per heavy atom. The maximum atomic E-state index is 12.2. The largest absolute Gasteiger partial charge is 0.486 e. The van der Waals surface area contributed by atoms with Crippen molar-refractivity contribution in [1.82, 2.24) is 14.8 Å². The number of carbonyl (C=O) groups is 1. The average Bonchev–Trinajstić information content (AvgIpc) is 3.02. The molecule has 0 aliphatic carbocycles. The summed E-state index contributed by atoms with van der Waals surface area (Å²) in [5.41, 5.74) is 0.512. The summed E-state index contributed by atoms with van der Waals surface area (Å²) in [6.07, 6.45) is 0. The van der Waals surface area contributed by atoms with Gasteiger partial charge in [-0.2, -0.15) is 0 Å². The maximum Gasteiger partial charge on any atom is 0.234 e. The van der Waals surface area contributed by atoms with Crippen molar-refractivity contribution in [2.75, 3.05) is 11.1 Å². The second-order valence-electron chi connectivity index (χ2n) is 5.66. The van der Waals surface area contributed by atoms with Crippen LogP contribution in [0.4, 0.5) is 5.69 Å². The molecule has 1 amide bonds. The minimum absolute atomic E-state index is 0.165. The van der Waals surface area contributed by atoms with Gasteiger partial charge >= 0.3 is 0 Å². The number of hydrogen-bond donors (Lipinski definition) is 1. The summed E-state index contributed by atoms with van der Waals surface area (Å²) in [6, 6.07) is 12.4. The van der Waals surface area contributed by atoms with Crippen LogP contribution in [0.1, 0.15) is 5.82 Å². The van der Waals surface area contributed by atoms with Crippen LogP contribution in [0.2, 0.25) is 10.0 Å². The average molecular weight is 502 g/mol. The fraction of sp³-hybridized carbons (Fsp3) is 0.167. The quantitative estimate of drug-likeness (QED) is 0.451. The molecule has 0 radical (unpaired) electrons. The summed E-state index contributed by atoms with van der Waals surface area (Å²) in [5.74, 6) is 1.36. The number of rotatable bonds is 7. The third-order valence-corrected chi connectivity index (χ3v) is 5.74. The number of ether oxygens (including phenoxy) is 1. The first-order valence-corrected chi connectivity index (χ1v) is 10.6. The molecule has 0 bridgehead atoms. The summed E-state index contributed by atoms with van der Waals surface area (Å²) in [5, 5.41) is 12.5. The number of amides is 1. The highest BCUT2D eigenvalue weighted by molar-refractivity contribution is 9.10. The van der Waals surface area contributed by atoms with Crippen LogP contribution in [0, 0.1) is 0 Å². The zero-order valence-corrected chi connectivity index (χ0v) is 18.6. The number of aromatic nitrogens is 3. The van der Waals surface area contributed by atoms with Crippen LogP contribution in [0.25, 0.3) is 0 Å². The van der Waals surface area contributed by atoms with Crippen molar-refractivity contribution in [3.8, 4) is 5.75 Å². The molecule has 6 nitrogen and oxygen atoms in total. The van der Waals surface area contributed by atoms with Gasteiger partial charge in [0.05, 0.1) is 16.5 Å². The molecule has 1 N–H and O–H groups in total. The molecular weight excluding hydrogens is 487 g/mol. The van der Waals surface area contributed by atoms with Gasteiger partial charge in [0, 0.05) is 16.5 Å². The molecule has 10 heteroatoms. The van der Waals surface area contributed by atoms with Crippen LogP contribution in [0.3, 0.4) is 0 Å². The van der Waals surface area contributed by atoms with Crippen LogP contribution >= 0.6 is 50.9 Å². The number of anilines is 1. The van der Waals surface area contributed by atoms with Crippen LogP contribution in [0.5, 0.6) is 5.75 Å². The molecule has 3 aromatic rings. The lowest BCUT2D eigenvalue weighted by Gasteiger charge is -2.08. The molecule has 3 rings (SSSR count). The molecule has 0 saturated carbocycles. The second-order valence-corrected chi connectivity index (χ2v) is 8.36. The SMILES string of the molecule is Cn1c(COc2ccc(Br)cc2)nnc1SCC(=O)Nc1ccc(Cl)cc1Cl. The smallest absolute Gasteiger partial charge is 0.234 e. The van der Waals surface area contributed by atoms with E-state index in [1.165, 1.54) is 11.8 Å². The molecule has 28 heavy (non-hydrogen) atoms. The van der Waals surface area contributed by atoms with E-state index in [-0.39, 0.29) is 18.3 Å². The highest BCUT2D eigenvalue weighted by Gasteiger charge is 2.13. The summed E-state index contributed by atoms with van der Waals surface area (Å²) < 4.78 is 8.49. The molecule has 146 valence electrons. The van der Waals surface area contributed by atoms with Gasteiger partial charge in [-0.1, -0.05) is 50.9 Å². The molecule has 0 fully saturated rings. The van der Waals surface area contributed by atoms with E-state index in [2.05, 4.69) is 31.4 Å². The lowest BCUT2D eigenvalue weighted by atomic mass is 10.3. The molecule has 0 unspecified atom stereocenters. The first kappa shape index (κ1) is 21.0. The summed E-state index contributed by atoms with van der Waals surface area (Å²) in [4.78, 5) is 12.2. The number of nitrogens with zero attached hydrogens (tertiary/aromatic N) is 3. The molecule has 0 atom stereocenters. The van der Waals surface area contributed by atoms with E-state index in [1.807, 2.05) is 31.3 Å². The Balaban J connectivity index is 1.53. The van der Waals surface area contributed by atoms with Crippen LogP contribution < -0.4 is 10.1 Å². The standard InChI is InChI=1S/C18H15BrCl2N4O2S/c1-25-16(9-27-13-5-2-11(19)3-6-13)23-24-18(25)28-10-17(26)22-15-7-4-12(20)8-14(15)21/h2-8H,9-10H2,1H3,(H,22,26). The maximum absolute atomic E-state index is 12.2. The lowest BCUT2D eigenvalue weighted by molar-refractivity contribution is -0.113. The fourth-order valence-electron chi connectivity index (χ4n) is 2.18. The van der Waals surface area contributed by atoms with E-state index in [9.17, 15) is 4.79 Å². The van der Waals surface area contributed by atoms with Crippen LogP contribution in [-0.4, -0.2) is 26.4 Å². The van der Waals surface area contributed by atoms with Crippen molar-refractivity contribution in [2.24, 2.45) is 7.05 Å². The predicted molar refractivity (Wildman–Crippen MR) is 115 cm³/mol. The van der Waals surface area contributed by atoms with Gasteiger partial charge < -0.3 is 14.6 Å². The highest BCUT2D eigenvalue weighted by atomic mass is 79.9. The van der Waals surface area contributed by atoms with Gasteiger partial charge in [-0.3, -0.25) is 4.79 Å². The number of hydrogen-bond acceptors (Lipinski definition) is 5. The molecular formula is C18H15BrCl2N4O2S. The van der Waals surface area contributed by atoms with Gasteiger partial charge in [-0.15, -0.1) is 10.2 Å². The van der Waals surface area contributed by atoms with Gasteiger partial charge in [0.2, 0.25) is 5.91 Å². The molecule has 0 saturated heterocycles. The minimum Gasteiger partial charge on any atom is -0.486 e. The second kappa shape index (κ2) is 9.65.